The molecule has 1 N–H and O–H groups in total. The maximum Gasteiger partial charge on any atom is 0.273 e. The lowest BCUT2D eigenvalue weighted by molar-refractivity contribution is -0.385. The number of nitrogens with zero attached hydrogens (tertiary/aromatic N) is 1. The van der Waals surface area contributed by atoms with Gasteiger partial charge in [0, 0.05) is 24.8 Å². The Balaban J connectivity index is 2.21. The fraction of sp³-hybridized carbons (Fsp3) is 0.571. The van der Waals surface area contributed by atoms with E-state index in [1.54, 1.807) is 12.1 Å². The summed E-state index contributed by atoms with van der Waals surface area (Å²) in [5.41, 5.74) is 0.907. The summed E-state index contributed by atoms with van der Waals surface area (Å²) < 4.78 is 5.44. The van der Waals surface area contributed by atoms with Gasteiger partial charge in [-0.15, -0.1) is 0 Å². The zero-order chi connectivity index (χ0) is 14.1. The molecule has 0 spiro atoms. The minimum Gasteiger partial charge on any atom is -0.379 e. The van der Waals surface area contributed by atoms with Gasteiger partial charge in [0.05, 0.1) is 11.0 Å². The third kappa shape index (κ3) is 6.31. The number of rotatable bonds is 9. The number of para-hydroxylation sites is 1. The Morgan fingerprint density at radius 1 is 1.32 bits per heavy atom. The van der Waals surface area contributed by atoms with E-state index in [1.165, 1.54) is 6.07 Å². The lowest BCUT2D eigenvalue weighted by Crippen LogP contribution is -2.16. The molecule has 1 rings (SSSR count). The molecule has 1 aromatic carbocycles. The van der Waals surface area contributed by atoms with Crippen molar-refractivity contribution in [3.63, 3.8) is 0 Å². The predicted molar refractivity (Wildman–Crippen MR) is 75.1 cm³/mol. The van der Waals surface area contributed by atoms with Gasteiger partial charge < -0.3 is 10.1 Å². The van der Waals surface area contributed by atoms with Crippen LogP contribution in [0.25, 0.3) is 0 Å². The Morgan fingerprint density at radius 3 is 2.74 bits per heavy atom. The molecule has 5 heteroatoms. The summed E-state index contributed by atoms with van der Waals surface area (Å²) in [6.07, 6.45) is 2.29. The van der Waals surface area contributed by atoms with Crippen molar-refractivity contribution < 1.29 is 9.66 Å². The number of nitrogens with one attached hydrogen (secondary N) is 1. The lowest BCUT2D eigenvalue weighted by atomic mass is 10.2. The van der Waals surface area contributed by atoms with Gasteiger partial charge in [-0.25, -0.2) is 0 Å². The van der Waals surface area contributed by atoms with E-state index in [0.717, 1.165) is 31.6 Å². The Labute approximate surface area is 114 Å². The van der Waals surface area contributed by atoms with Crippen molar-refractivity contribution in [3.8, 4) is 0 Å². The van der Waals surface area contributed by atoms with Gasteiger partial charge in [-0.1, -0.05) is 18.2 Å². The highest BCUT2D eigenvalue weighted by atomic mass is 16.6. The van der Waals surface area contributed by atoms with E-state index < -0.39 is 0 Å². The number of benzene rings is 1. The topological polar surface area (TPSA) is 64.4 Å². The molecule has 0 saturated carbocycles. The molecule has 0 atom stereocenters. The number of hydrogen-bond donors (Lipinski definition) is 1. The van der Waals surface area contributed by atoms with Crippen molar-refractivity contribution >= 4 is 5.69 Å². The van der Waals surface area contributed by atoms with Crippen LogP contribution in [-0.2, 0) is 11.3 Å². The highest BCUT2D eigenvalue weighted by molar-refractivity contribution is 5.39. The van der Waals surface area contributed by atoms with Crippen molar-refractivity contribution in [2.75, 3.05) is 13.2 Å². The molecule has 106 valence electrons. The lowest BCUT2D eigenvalue weighted by Gasteiger charge is -2.08. The highest BCUT2D eigenvalue weighted by Gasteiger charge is 2.10. The molecule has 0 saturated heterocycles. The summed E-state index contributed by atoms with van der Waals surface area (Å²) in [7, 11) is 0. The third-order valence-corrected chi connectivity index (χ3v) is 2.70. The quantitative estimate of drug-likeness (QED) is 0.424. The fourth-order valence-electron chi connectivity index (χ4n) is 1.73. The zero-order valence-corrected chi connectivity index (χ0v) is 11.6. The molecule has 0 aliphatic carbocycles. The van der Waals surface area contributed by atoms with E-state index in [0.29, 0.717) is 6.54 Å². The molecule has 0 bridgehead atoms. The van der Waals surface area contributed by atoms with Crippen LogP contribution in [0.5, 0.6) is 0 Å². The Morgan fingerprint density at radius 2 is 2.05 bits per heavy atom. The number of nitro groups is 1. The van der Waals surface area contributed by atoms with Crippen LogP contribution < -0.4 is 5.32 Å². The first-order valence-corrected chi connectivity index (χ1v) is 6.66. The van der Waals surface area contributed by atoms with Crippen molar-refractivity contribution in [3.05, 3.63) is 39.9 Å². The second-order valence-corrected chi connectivity index (χ2v) is 4.69. The summed E-state index contributed by atoms with van der Waals surface area (Å²) in [6.45, 7) is 6.18. The van der Waals surface area contributed by atoms with Gasteiger partial charge >= 0.3 is 0 Å². The van der Waals surface area contributed by atoms with E-state index in [4.69, 9.17) is 4.74 Å². The van der Waals surface area contributed by atoms with Gasteiger partial charge in [-0.05, 0) is 33.2 Å². The first-order valence-electron chi connectivity index (χ1n) is 6.66. The second-order valence-electron chi connectivity index (χ2n) is 4.69. The summed E-state index contributed by atoms with van der Waals surface area (Å²) in [5, 5.41) is 14.0. The van der Waals surface area contributed by atoms with Crippen molar-refractivity contribution in [1.29, 1.82) is 0 Å². The number of hydrogen-bond acceptors (Lipinski definition) is 4. The average Bonchev–Trinajstić information content (AvgIpc) is 2.37. The van der Waals surface area contributed by atoms with Crippen LogP contribution in [0.4, 0.5) is 5.69 Å². The smallest absolute Gasteiger partial charge is 0.273 e. The second kappa shape index (κ2) is 8.61. The van der Waals surface area contributed by atoms with Crippen LogP contribution in [-0.4, -0.2) is 24.2 Å². The van der Waals surface area contributed by atoms with Crippen LogP contribution in [0.3, 0.4) is 0 Å². The molecule has 0 aliphatic heterocycles. The first kappa shape index (κ1) is 15.6. The zero-order valence-electron chi connectivity index (χ0n) is 11.6. The van der Waals surface area contributed by atoms with Crippen molar-refractivity contribution in [1.82, 2.24) is 5.32 Å². The molecule has 5 nitrogen and oxygen atoms in total. The van der Waals surface area contributed by atoms with Crippen molar-refractivity contribution in [2.45, 2.75) is 39.3 Å². The van der Waals surface area contributed by atoms with Gasteiger partial charge in [0.25, 0.3) is 5.69 Å². The predicted octanol–water partition coefficient (Wildman–Crippen LogP) is 2.89. The first-order chi connectivity index (χ1) is 9.11. The van der Waals surface area contributed by atoms with Crippen LogP contribution in [0, 0.1) is 10.1 Å². The van der Waals surface area contributed by atoms with Crippen molar-refractivity contribution in [2.24, 2.45) is 0 Å². The van der Waals surface area contributed by atoms with Gasteiger partial charge in [-0.2, -0.15) is 0 Å². The SMILES string of the molecule is CC(C)OCCCCNCc1ccccc1[N+](=O)[O-]. The maximum absolute atomic E-state index is 10.8. The standard InChI is InChI=1S/C14H22N2O3/c1-12(2)19-10-6-5-9-15-11-13-7-3-4-8-14(13)16(17)18/h3-4,7-8,12,15H,5-6,9-11H2,1-2H3. The van der Waals surface area contributed by atoms with Crippen LogP contribution >= 0.6 is 0 Å². The molecule has 0 fully saturated rings. The monoisotopic (exact) mass is 266 g/mol. The third-order valence-electron chi connectivity index (χ3n) is 2.70. The minimum atomic E-state index is -0.340. The molecule has 0 unspecified atom stereocenters. The molecule has 1 aromatic rings. The molecule has 0 aliphatic rings. The normalized spacial score (nSPS) is 10.9. The summed E-state index contributed by atoms with van der Waals surface area (Å²) in [5.74, 6) is 0. The van der Waals surface area contributed by atoms with Gasteiger partial charge in [0.1, 0.15) is 0 Å². The van der Waals surface area contributed by atoms with E-state index in [-0.39, 0.29) is 16.7 Å². The maximum atomic E-state index is 10.8. The van der Waals surface area contributed by atoms with Gasteiger partial charge in [0.15, 0.2) is 0 Å². The summed E-state index contributed by atoms with van der Waals surface area (Å²) in [6, 6.07) is 6.83. The summed E-state index contributed by atoms with van der Waals surface area (Å²) in [4.78, 5) is 10.5. The number of ether oxygens (including phenoxy) is 1. The van der Waals surface area contributed by atoms with Gasteiger partial charge in [0.2, 0.25) is 0 Å². The van der Waals surface area contributed by atoms with E-state index in [1.807, 2.05) is 19.9 Å². The van der Waals surface area contributed by atoms with Crippen LogP contribution in [0.2, 0.25) is 0 Å². The largest absolute Gasteiger partial charge is 0.379 e. The number of nitro benzene ring substituents is 1. The minimum absolute atomic E-state index is 0.179. The number of unbranched alkanes of at least 4 members (excludes halogenated alkanes) is 1. The van der Waals surface area contributed by atoms with E-state index in [2.05, 4.69) is 5.32 Å². The summed E-state index contributed by atoms with van der Waals surface area (Å²) >= 11 is 0. The molecular weight excluding hydrogens is 244 g/mol. The molecule has 0 aromatic heterocycles. The Hall–Kier alpha value is -1.46. The van der Waals surface area contributed by atoms with Crippen LogP contribution in [0.15, 0.2) is 24.3 Å². The fourth-order valence-corrected chi connectivity index (χ4v) is 1.73. The Bertz CT molecular complexity index is 394. The van der Waals surface area contributed by atoms with E-state index in [9.17, 15) is 10.1 Å². The molecule has 19 heavy (non-hydrogen) atoms. The van der Waals surface area contributed by atoms with E-state index >= 15 is 0 Å². The van der Waals surface area contributed by atoms with Crippen LogP contribution in [0.1, 0.15) is 32.3 Å². The molecule has 0 radical (unpaired) electrons. The highest BCUT2D eigenvalue weighted by Crippen LogP contribution is 2.16. The average molecular weight is 266 g/mol. The molecule has 0 amide bonds. The molecule has 0 heterocycles. The molecular formula is C14H22N2O3. The van der Waals surface area contributed by atoms with Gasteiger partial charge in [-0.3, -0.25) is 10.1 Å². The Kier molecular flexibility index (Phi) is 7.07.